The minimum atomic E-state index is -3.82. The molecule has 1 aromatic heterocycles. The van der Waals surface area contributed by atoms with Crippen LogP contribution in [0, 0.1) is 16.0 Å². The van der Waals surface area contributed by atoms with Gasteiger partial charge < -0.3 is 5.32 Å². The standard InChI is InChI=1S/C22H21Cl2N5O5S/c23-19-4-2-1-3-16(19)13-27-14-20(24)21(26-27)25-22(30)15-9-11-28(12-10-15)35(33,34)18-7-5-17(6-8-18)29(31)32/h1-8,14-15H,9-13H2,(H,25,26,30). The number of non-ortho nitro benzene ring substituents is 1. The third-order valence-corrected chi connectivity index (χ3v) is 8.32. The summed E-state index contributed by atoms with van der Waals surface area (Å²) < 4.78 is 28.6. The topological polar surface area (TPSA) is 127 Å². The summed E-state index contributed by atoms with van der Waals surface area (Å²) in [6.45, 7) is 0.673. The number of aromatic nitrogens is 2. The molecule has 2 heterocycles. The molecule has 0 unspecified atom stereocenters. The number of nitro groups is 1. The van der Waals surface area contributed by atoms with Gasteiger partial charge in [-0.3, -0.25) is 19.6 Å². The first-order chi connectivity index (χ1) is 16.6. The van der Waals surface area contributed by atoms with E-state index in [-0.39, 0.29) is 40.4 Å². The summed E-state index contributed by atoms with van der Waals surface area (Å²) in [6.07, 6.45) is 2.23. The lowest BCUT2D eigenvalue weighted by Crippen LogP contribution is -2.41. The van der Waals surface area contributed by atoms with Crippen LogP contribution in [0.2, 0.25) is 10.0 Å². The maximum atomic E-state index is 12.9. The van der Waals surface area contributed by atoms with Gasteiger partial charge in [0.15, 0.2) is 5.82 Å². The average molecular weight is 538 g/mol. The van der Waals surface area contributed by atoms with Crippen molar-refractivity contribution >= 4 is 50.6 Å². The van der Waals surface area contributed by atoms with Crippen LogP contribution in [0.1, 0.15) is 18.4 Å². The molecule has 13 heteroatoms. The number of anilines is 1. The monoisotopic (exact) mass is 537 g/mol. The number of carbonyl (C=O) groups excluding carboxylic acids is 1. The average Bonchev–Trinajstić information content (AvgIpc) is 3.19. The first-order valence-electron chi connectivity index (χ1n) is 10.7. The highest BCUT2D eigenvalue weighted by atomic mass is 35.5. The number of carbonyl (C=O) groups is 1. The van der Waals surface area contributed by atoms with Gasteiger partial charge in [-0.05, 0) is 36.6 Å². The first kappa shape index (κ1) is 25.1. The lowest BCUT2D eigenvalue weighted by molar-refractivity contribution is -0.384. The SMILES string of the molecule is O=C(Nc1nn(Cc2ccccc2Cl)cc1Cl)C1CCN(S(=O)(=O)c2ccc([N+](=O)[O-])cc2)CC1. The molecule has 2 aromatic carbocycles. The van der Waals surface area contributed by atoms with Crippen molar-refractivity contribution in [3.05, 3.63) is 80.5 Å². The second-order valence-corrected chi connectivity index (χ2v) is 10.8. The van der Waals surface area contributed by atoms with Crippen LogP contribution in [-0.4, -0.2) is 46.4 Å². The molecule has 1 fully saturated rings. The highest BCUT2D eigenvalue weighted by molar-refractivity contribution is 7.89. The maximum Gasteiger partial charge on any atom is 0.269 e. The number of hydrogen-bond acceptors (Lipinski definition) is 6. The number of halogens is 2. The Morgan fingerprint density at radius 1 is 1.09 bits per heavy atom. The third kappa shape index (κ3) is 5.64. The minimum absolute atomic E-state index is 0.0261. The van der Waals surface area contributed by atoms with Crippen LogP contribution >= 0.6 is 23.2 Å². The Hall–Kier alpha value is -2.99. The number of hydrogen-bond donors (Lipinski definition) is 1. The van der Waals surface area contributed by atoms with E-state index >= 15 is 0 Å². The van der Waals surface area contributed by atoms with Crippen molar-refractivity contribution in [3.8, 4) is 0 Å². The molecule has 4 rings (SSSR count). The summed E-state index contributed by atoms with van der Waals surface area (Å²) in [7, 11) is -3.82. The molecule has 1 aliphatic rings. The van der Waals surface area contributed by atoms with Crippen LogP contribution in [-0.2, 0) is 21.4 Å². The number of nitro benzene ring substituents is 1. The van der Waals surface area contributed by atoms with E-state index in [1.54, 1.807) is 16.9 Å². The van der Waals surface area contributed by atoms with Gasteiger partial charge in [0, 0.05) is 42.4 Å². The number of rotatable bonds is 7. The van der Waals surface area contributed by atoms with Gasteiger partial charge in [0.25, 0.3) is 5.69 Å². The molecule has 0 bridgehead atoms. The molecule has 1 amide bonds. The van der Waals surface area contributed by atoms with E-state index in [0.29, 0.717) is 24.4 Å². The number of piperidine rings is 1. The van der Waals surface area contributed by atoms with Gasteiger partial charge in [0.05, 0.1) is 16.4 Å². The Bertz CT molecular complexity index is 1350. The fraction of sp³-hybridized carbons (Fsp3) is 0.273. The number of sulfonamides is 1. The van der Waals surface area contributed by atoms with Crippen LogP contribution in [0.4, 0.5) is 11.5 Å². The Balaban J connectivity index is 1.36. The fourth-order valence-electron chi connectivity index (χ4n) is 3.83. The van der Waals surface area contributed by atoms with Gasteiger partial charge in [-0.15, -0.1) is 0 Å². The molecule has 1 aliphatic heterocycles. The highest BCUT2D eigenvalue weighted by Gasteiger charge is 2.32. The first-order valence-corrected chi connectivity index (χ1v) is 12.9. The van der Waals surface area contributed by atoms with Crippen LogP contribution < -0.4 is 5.32 Å². The predicted molar refractivity (Wildman–Crippen MR) is 131 cm³/mol. The van der Waals surface area contributed by atoms with E-state index in [9.17, 15) is 23.3 Å². The van der Waals surface area contributed by atoms with Crippen molar-refractivity contribution < 1.29 is 18.1 Å². The van der Waals surface area contributed by atoms with Crippen LogP contribution in [0.3, 0.4) is 0 Å². The molecule has 0 atom stereocenters. The Morgan fingerprint density at radius 2 is 1.74 bits per heavy atom. The van der Waals surface area contributed by atoms with Gasteiger partial charge in [0.2, 0.25) is 15.9 Å². The van der Waals surface area contributed by atoms with E-state index in [1.807, 2.05) is 18.2 Å². The molecule has 184 valence electrons. The van der Waals surface area contributed by atoms with Crippen molar-refractivity contribution in [2.75, 3.05) is 18.4 Å². The van der Waals surface area contributed by atoms with Crippen molar-refractivity contribution in [3.63, 3.8) is 0 Å². The summed E-state index contributed by atoms with van der Waals surface area (Å²) in [6, 6.07) is 12.1. The smallest absolute Gasteiger partial charge is 0.269 e. The largest absolute Gasteiger partial charge is 0.308 e. The normalized spacial score (nSPS) is 15.1. The molecule has 3 aromatic rings. The van der Waals surface area contributed by atoms with Gasteiger partial charge >= 0.3 is 0 Å². The number of benzene rings is 2. The molecular weight excluding hydrogens is 517 g/mol. The molecule has 0 spiro atoms. The molecule has 35 heavy (non-hydrogen) atoms. The van der Waals surface area contributed by atoms with Gasteiger partial charge in [-0.1, -0.05) is 41.4 Å². The Morgan fingerprint density at radius 3 is 2.37 bits per heavy atom. The third-order valence-electron chi connectivity index (χ3n) is 5.76. The quantitative estimate of drug-likeness (QED) is 0.355. The minimum Gasteiger partial charge on any atom is -0.308 e. The lowest BCUT2D eigenvalue weighted by atomic mass is 9.97. The predicted octanol–water partition coefficient (Wildman–Crippen LogP) is 4.19. The number of nitrogens with zero attached hydrogens (tertiary/aromatic N) is 4. The van der Waals surface area contributed by atoms with Gasteiger partial charge in [0.1, 0.15) is 5.02 Å². The summed E-state index contributed by atoms with van der Waals surface area (Å²) in [4.78, 5) is 23.0. The van der Waals surface area contributed by atoms with E-state index < -0.39 is 20.9 Å². The zero-order chi connectivity index (χ0) is 25.2. The summed E-state index contributed by atoms with van der Waals surface area (Å²) in [5.74, 6) is -0.477. The van der Waals surface area contributed by atoms with E-state index in [2.05, 4.69) is 10.4 Å². The van der Waals surface area contributed by atoms with E-state index in [4.69, 9.17) is 23.2 Å². The van der Waals surface area contributed by atoms with Gasteiger partial charge in [-0.25, -0.2) is 8.42 Å². The van der Waals surface area contributed by atoms with Crippen molar-refractivity contribution in [1.29, 1.82) is 0 Å². The zero-order valence-corrected chi connectivity index (χ0v) is 20.6. The Kier molecular flexibility index (Phi) is 7.41. The second kappa shape index (κ2) is 10.3. The maximum absolute atomic E-state index is 12.9. The van der Waals surface area contributed by atoms with Crippen LogP contribution in [0.5, 0.6) is 0 Å². The molecule has 0 saturated carbocycles. The van der Waals surface area contributed by atoms with E-state index in [0.717, 1.165) is 17.7 Å². The molecule has 1 saturated heterocycles. The number of amides is 1. The fourth-order valence-corrected chi connectivity index (χ4v) is 5.69. The molecular formula is C22H21Cl2N5O5S. The highest BCUT2D eigenvalue weighted by Crippen LogP contribution is 2.27. The van der Waals surface area contributed by atoms with E-state index in [1.165, 1.54) is 16.4 Å². The molecule has 1 N–H and O–H groups in total. The number of nitrogens with one attached hydrogen (secondary N) is 1. The molecule has 10 nitrogen and oxygen atoms in total. The molecule has 0 aliphatic carbocycles. The lowest BCUT2D eigenvalue weighted by Gasteiger charge is -2.30. The van der Waals surface area contributed by atoms with Crippen molar-refractivity contribution in [1.82, 2.24) is 14.1 Å². The van der Waals surface area contributed by atoms with Crippen LogP contribution in [0.15, 0.2) is 59.6 Å². The summed E-state index contributed by atoms with van der Waals surface area (Å²) >= 11 is 12.4. The summed E-state index contributed by atoms with van der Waals surface area (Å²) in [5, 5.41) is 18.7. The zero-order valence-electron chi connectivity index (χ0n) is 18.3. The van der Waals surface area contributed by atoms with Crippen molar-refractivity contribution in [2.45, 2.75) is 24.3 Å². The second-order valence-electron chi connectivity index (χ2n) is 8.03. The van der Waals surface area contributed by atoms with Crippen LogP contribution in [0.25, 0.3) is 0 Å². The van der Waals surface area contributed by atoms with Gasteiger partial charge in [-0.2, -0.15) is 9.40 Å². The Labute approximate surface area is 211 Å². The van der Waals surface area contributed by atoms with Crippen molar-refractivity contribution in [2.24, 2.45) is 5.92 Å². The molecule has 0 radical (unpaired) electrons. The summed E-state index contributed by atoms with van der Waals surface area (Å²) in [5.41, 5.74) is 0.667.